The first-order chi connectivity index (χ1) is 9.02. The molecule has 1 aromatic heterocycles. The maximum atomic E-state index is 10.8. The highest BCUT2D eigenvalue weighted by molar-refractivity contribution is 5.87. The van der Waals surface area contributed by atoms with Gasteiger partial charge in [0.15, 0.2) is 0 Å². The normalized spacial score (nSPS) is 24.3. The molecule has 1 unspecified atom stereocenters. The number of pyridine rings is 1. The summed E-state index contributed by atoms with van der Waals surface area (Å²) < 4.78 is 5.56. The number of likely N-dealkylation sites (tertiary alicyclic amines) is 1. The van der Waals surface area contributed by atoms with E-state index in [4.69, 9.17) is 9.84 Å². The number of ether oxygens (including phenoxy) is 1. The summed E-state index contributed by atoms with van der Waals surface area (Å²) in [5.74, 6) is -0.941. The molecule has 19 heavy (non-hydrogen) atoms. The number of aromatic nitrogens is 1. The maximum absolute atomic E-state index is 10.8. The van der Waals surface area contributed by atoms with Crippen molar-refractivity contribution in [2.45, 2.75) is 31.9 Å². The van der Waals surface area contributed by atoms with Crippen molar-refractivity contribution in [3.63, 3.8) is 0 Å². The van der Waals surface area contributed by atoms with Crippen LogP contribution < -0.4 is 0 Å². The summed E-state index contributed by atoms with van der Waals surface area (Å²) in [5.41, 5.74) is 1.04. The van der Waals surface area contributed by atoms with Crippen LogP contribution in [0.25, 0.3) is 0 Å². The Morgan fingerprint density at radius 3 is 2.95 bits per heavy atom. The van der Waals surface area contributed by atoms with Gasteiger partial charge in [-0.2, -0.15) is 0 Å². The summed E-state index contributed by atoms with van der Waals surface area (Å²) in [4.78, 5) is 17.3. The van der Waals surface area contributed by atoms with Crippen LogP contribution in [0.3, 0.4) is 0 Å². The van der Waals surface area contributed by atoms with Crippen molar-refractivity contribution in [2.24, 2.45) is 0 Å². The van der Waals surface area contributed by atoms with Crippen LogP contribution in [0.2, 0.25) is 0 Å². The Morgan fingerprint density at radius 1 is 1.58 bits per heavy atom. The molecule has 1 aliphatic heterocycles. The van der Waals surface area contributed by atoms with E-state index in [9.17, 15) is 4.79 Å². The number of carboxylic acids is 1. The zero-order valence-electron chi connectivity index (χ0n) is 11.4. The van der Waals surface area contributed by atoms with Crippen LogP contribution >= 0.6 is 0 Å². The SMILES string of the molecule is COC1(C)CCCN(Cc2ccc(C(=O)O)cn2)C1. The van der Waals surface area contributed by atoms with E-state index in [1.165, 1.54) is 6.20 Å². The van der Waals surface area contributed by atoms with E-state index in [1.54, 1.807) is 19.2 Å². The molecule has 0 aliphatic carbocycles. The Morgan fingerprint density at radius 2 is 2.37 bits per heavy atom. The second-order valence-corrected chi connectivity index (χ2v) is 5.31. The number of carboxylic acid groups (broad SMARTS) is 1. The highest BCUT2D eigenvalue weighted by Gasteiger charge is 2.30. The average molecular weight is 264 g/mol. The van der Waals surface area contributed by atoms with Gasteiger partial charge in [-0.1, -0.05) is 0 Å². The minimum absolute atomic E-state index is 0.0841. The molecule has 1 N–H and O–H groups in total. The smallest absolute Gasteiger partial charge is 0.337 e. The first kappa shape index (κ1) is 14.0. The summed E-state index contributed by atoms with van der Waals surface area (Å²) in [6.07, 6.45) is 3.60. The first-order valence-corrected chi connectivity index (χ1v) is 6.48. The number of piperidine rings is 1. The Hall–Kier alpha value is -1.46. The van der Waals surface area contributed by atoms with Crippen LogP contribution in [-0.4, -0.2) is 46.8 Å². The lowest BCUT2D eigenvalue weighted by atomic mass is 9.94. The third-order valence-electron chi connectivity index (χ3n) is 3.69. The topological polar surface area (TPSA) is 62.7 Å². The molecule has 0 amide bonds. The number of hydrogen-bond donors (Lipinski definition) is 1. The lowest BCUT2D eigenvalue weighted by Crippen LogP contribution is -2.46. The fourth-order valence-corrected chi connectivity index (χ4v) is 2.48. The molecule has 104 valence electrons. The summed E-state index contributed by atoms with van der Waals surface area (Å²) in [6.45, 7) is 4.77. The summed E-state index contributed by atoms with van der Waals surface area (Å²) in [7, 11) is 1.75. The lowest BCUT2D eigenvalue weighted by molar-refractivity contribution is -0.0529. The minimum atomic E-state index is -0.941. The molecule has 1 saturated heterocycles. The Kier molecular flexibility index (Phi) is 4.17. The van der Waals surface area contributed by atoms with Gasteiger partial charge in [-0.25, -0.2) is 4.79 Å². The van der Waals surface area contributed by atoms with Gasteiger partial charge < -0.3 is 9.84 Å². The zero-order chi connectivity index (χ0) is 13.9. The zero-order valence-corrected chi connectivity index (χ0v) is 11.4. The molecule has 0 radical (unpaired) electrons. The van der Waals surface area contributed by atoms with Gasteiger partial charge in [0.25, 0.3) is 0 Å². The van der Waals surface area contributed by atoms with E-state index >= 15 is 0 Å². The Balaban J connectivity index is 1.99. The van der Waals surface area contributed by atoms with E-state index in [2.05, 4.69) is 16.8 Å². The molecule has 0 spiro atoms. The quantitative estimate of drug-likeness (QED) is 0.898. The third-order valence-corrected chi connectivity index (χ3v) is 3.69. The molecule has 0 aromatic carbocycles. The van der Waals surface area contributed by atoms with E-state index in [0.29, 0.717) is 0 Å². The molecular weight excluding hydrogens is 244 g/mol. The molecule has 1 aromatic rings. The van der Waals surface area contributed by atoms with Gasteiger partial charge in [0.2, 0.25) is 0 Å². The second kappa shape index (κ2) is 5.67. The maximum Gasteiger partial charge on any atom is 0.337 e. The van der Waals surface area contributed by atoms with Crippen molar-refractivity contribution >= 4 is 5.97 Å². The monoisotopic (exact) mass is 264 g/mol. The van der Waals surface area contributed by atoms with Gasteiger partial charge in [0.1, 0.15) is 0 Å². The van der Waals surface area contributed by atoms with Crippen molar-refractivity contribution < 1.29 is 14.6 Å². The number of carbonyl (C=O) groups is 1. The Labute approximate surface area is 113 Å². The summed E-state index contributed by atoms with van der Waals surface area (Å²) >= 11 is 0. The van der Waals surface area contributed by atoms with E-state index in [0.717, 1.165) is 38.2 Å². The predicted molar refractivity (Wildman–Crippen MR) is 71.1 cm³/mol. The van der Waals surface area contributed by atoms with Gasteiger partial charge >= 0.3 is 5.97 Å². The van der Waals surface area contributed by atoms with Gasteiger partial charge in [-0.15, -0.1) is 0 Å². The molecule has 2 heterocycles. The fourth-order valence-electron chi connectivity index (χ4n) is 2.48. The molecule has 0 bridgehead atoms. The minimum Gasteiger partial charge on any atom is -0.478 e. The molecule has 1 atom stereocenters. The number of hydrogen-bond acceptors (Lipinski definition) is 4. The fraction of sp³-hybridized carbons (Fsp3) is 0.571. The van der Waals surface area contributed by atoms with Crippen LogP contribution in [0.4, 0.5) is 0 Å². The number of nitrogens with zero attached hydrogens (tertiary/aromatic N) is 2. The summed E-state index contributed by atoms with van der Waals surface area (Å²) in [5, 5.41) is 8.83. The van der Waals surface area contributed by atoms with Crippen LogP contribution in [-0.2, 0) is 11.3 Å². The number of methoxy groups -OCH3 is 1. The standard InChI is InChI=1S/C14H20N2O3/c1-14(19-2)6-3-7-16(10-14)9-12-5-4-11(8-15-12)13(17)18/h4-5,8H,3,6-7,9-10H2,1-2H3,(H,17,18). The molecule has 1 aliphatic rings. The van der Waals surface area contributed by atoms with Crippen LogP contribution in [0.15, 0.2) is 18.3 Å². The number of rotatable bonds is 4. The first-order valence-electron chi connectivity index (χ1n) is 6.48. The second-order valence-electron chi connectivity index (χ2n) is 5.31. The average Bonchev–Trinajstić information content (AvgIpc) is 2.39. The van der Waals surface area contributed by atoms with Gasteiger partial charge in [0.05, 0.1) is 16.9 Å². The van der Waals surface area contributed by atoms with Crippen molar-refractivity contribution in [2.75, 3.05) is 20.2 Å². The van der Waals surface area contributed by atoms with Crippen molar-refractivity contribution in [1.29, 1.82) is 0 Å². The predicted octanol–water partition coefficient (Wildman–Crippen LogP) is 1.78. The van der Waals surface area contributed by atoms with Crippen LogP contribution in [0, 0.1) is 0 Å². The van der Waals surface area contributed by atoms with Gasteiger partial charge in [-0.05, 0) is 38.4 Å². The van der Waals surface area contributed by atoms with E-state index < -0.39 is 5.97 Å². The van der Waals surface area contributed by atoms with Crippen molar-refractivity contribution in [1.82, 2.24) is 9.88 Å². The molecule has 0 saturated carbocycles. The molecule has 1 fully saturated rings. The highest BCUT2D eigenvalue weighted by Crippen LogP contribution is 2.24. The molecule has 5 heteroatoms. The van der Waals surface area contributed by atoms with Gasteiger partial charge in [0, 0.05) is 26.4 Å². The molecule has 5 nitrogen and oxygen atoms in total. The van der Waals surface area contributed by atoms with Crippen molar-refractivity contribution in [3.8, 4) is 0 Å². The van der Waals surface area contributed by atoms with Crippen molar-refractivity contribution in [3.05, 3.63) is 29.6 Å². The molecule has 2 rings (SSSR count). The van der Waals surface area contributed by atoms with Gasteiger partial charge in [-0.3, -0.25) is 9.88 Å². The Bertz CT molecular complexity index is 447. The molecular formula is C14H20N2O3. The third kappa shape index (κ3) is 3.52. The van der Waals surface area contributed by atoms with E-state index in [-0.39, 0.29) is 11.2 Å². The summed E-state index contributed by atoms with van der Waals surface area (Å²) in [6, 6.07) is 3.38. The largest absolute Gasteiger partial charge is 0.478 e. The lowest BCUT2D eigenvalue weighted by Gasteiger charge is -2.39. The van der Waals surface area contributed by atoms with E-state index in [1.807, 2.05) is 0 Å². The van der Waals surface area contributed by atoms with Crippen LogP contribution in [0.1, 0.15) is 35.8 Å². The highest BCUT2D eigenvalue weighted by atomic mass is 16.5. The van der Waals surface area contributed by atoms with Crippen LogP contribution in [0.5, 0.6) is 0 Å². The number of aromatic carboxylic acids is 1.